The zero-order chi connectivity index (χ0) is 23.5. The number of hydrogen-bond acceptors (Lipinski definition) is 6. The molecule has 0 atom stereocenters. The van der Waals surface area contributed by atoms with E-state index < -0.39 is 36.0 Å². The molecular formula is C23H31N3O6. The lowest BCUT2D eigenvalue weighted by atomic mass is 9.77. The summed E-state index contributed by atoms with van der Waals surface area (Å²) in [6, 6.07) is 5.09. The third-order valence-electron chi connectivity index (χ3n) is 6.03. The molecule has 9 nitrogen and oxygen atoms in total. The van der Waals surface area contributed by atoms with Gasteiger partial charge in [-0.2, -0.15) is 5.01 Å². The number of benzene rings is 1. The molecule has 0 bridgehead atoms. The van der Waals surface area contributed by atoms with E-state index in [9.17, 15) is 19.2 Å². The number of nitrogens with zero attached hydrogens (tertiary/aromatic N) is 1. The average molecular weight is 446 g/mol. The molecule has 2 N–H and O–H groups in total. The van der Waals surface area contributed by atoms with Crippen molar-refractivity contribution >= 4 is 23.8 Å². The normalized spacial score (nSPS) is 22.8. The summed E-state index contributed by atoms with van der Waals surface area (Å²) in [4.78, 5) is 49.2. The van der Waals surface area contributed by atoms with Gasteiger partial charge in [-0.15, -0.1) is 0 Å². The topological polar surface area (TPSA) is 114 Å². The lowest BCUT2D eigenvalue weighted by Crippen LogP contribution is -2.52. The summed E-state index contributed by atoms with van der Waals surface area (Å²) in [5, 5.41) is 3.40. The van der Waals surface area contributed by atoms with Gasteiger partial charge >= 0.3 is 12.0 Å². The molecule has 2 fully saturated rings. The lowest BCUT2D eigenvalue weighted by molar-refractivity contribution is -0.152. The van der Waals surface area contributed by atoms with Crippen LogP contribution >= 0.6 is 0 Å². The van der Waals surface area contributed by atoms with Crippen LogP contribution in [0.25, 0.3) is 0 Å². The standard InChI is InChI=1S/C23H31N3O6/c1-14(2)17-6-5-16(4)11-18(17)31-13-20(28)32-12-19(27)25-26-21(29)23(24-22(26)30)9-7-15(3)8-10-23/h5-6,11,14-15H,7-10,12-13H2,1-4H3,(H,24,30)(H,25,27). The van der Waals surface area contributed by atoms with Gasteiger partial charge in [-0.1, -0.05) is 32.9 Å². The Balaban J connectivity index is 1.48. The van der Waals surface area contributed by atoms with Gasteiger partial charge in [0.25, 0.3) is 11.8 Å². The maximum atomic E-state index is 12.7. The number of ether oxygens (including phenoxy) is 2. The monoisotopic (exact) mass is 445 g/mol. The van der Waals surface area contributed by atoms with Gasteiger partial charge in [-0.25, -0.2) is 9.59 Å². The number of carbonyl (C=O) groups is 4. The summed E-state index contributed by atoms with van der Waals surface area (Å²) in [7, 11) is 0. The zero-order valence-electron chi connectivity index (χ0n) is 19.0. The fraction of sp³-hybridized carbons (Fsp3) is 0.565. The number of aryl methyl sites for hydroxylation is 1. The minimum Gasteiger partial charge on any atom is -0.482 e. The van der Waals surface area contributed by atoms with Gasteiger partial charge in [0, 0.05) is 0 Å². The maximum Gasteiger partial charge on any atom is 0.344 e. The highest BCUT2D eigenvalue weighted by molar-refractivity contribution is 6.08. The second kappa shape index (κ2) is 9.58. The number of hydrazine groups is 1. The molecule has 9 heteroatoms. The predicted octanol–water partition coefficient (Wildman–Crippen LogP) is 2.57. The second-order valence-corrected chi connectivity index (χ2v) is 9.02. The summed E-state index contributed by atoms with van der Waals surface area (Å²) < 4.78 is 10.5. The number of nitrogens with one attached hydrogen (secondary N) is 2. The van der Waals surface area contributed by atoms with Crippen LogP contribution in [0.5, 0.6) is 5.75 Å². The molecule has 3 rings (SSSR count). The van der Waals surface area contributed by atoms with Gasteiger partial charge in [0.05, 0.1) is 0 Å². The smallest absolute Gasteiger partial charge is 0.344 e. The van der Waals surface area contributed by atoms with Crippen molar-refractivity contribution in [3.05, 3.63) is 29.3 Å². The molecule has 0 unspecified atom stereocenters. The molecule has 1 saturated heterocycles. The third-order valence-corrected chi connectivity index (χ3v) is 6.03. The van der Waals surface area contributed by atoms with Crippen molar-refractivity contribution in [1.29, 1.82) is 0 Å². The van der Waals surface area contributed by atoms with Gasteiger partial charge in [-0.05, 0) is 61.6 Å². The van der Waals surface area contributed by atoms with Crippen LogP contribution in [0.4, 0.5) is 4.79 Å². The minimum absolute atomic E-state index is 0.215. The molecular weight excluding hydrogens is 414 g/mol. The number of rotatable bonds is 7. The first-order valence-electron chi connectivity index (χ1n) is 11.0. The highest BCUT2D eigenvalue weighted by Gasteiger charge is 2.52. The van der Waals surface area contributed by atoms with Crippen molar-refractivity contribution < 1.29 is 28.7 Å². The van der Waals surface area contributed by atoms with E-state index in [1.54, 1.807) is 0 Å². The van der Waals surface area contributed by atoms with Crippen molar-refractivity contribution in [3.63, 3.8) is 0 Å². The summed E-state index contributed by atoms with van der Waals surface area (Å²) in [6.45, 7) is 7.08. The van der Waals surface area contributed by atoms with Crippen molar-refractivity contribution in [2.75, 3.05) is 13.2 Å². The largest absolute Gasteiger partial charge is 0.482 e. The van der Waals surface area contributed by atoms with Crippen molar-refractivity contribution in [2.24, 2.45) is 5.92 Å². The Kier molecular flexibility index (Phi) is 7.06. The predicted molar refractivity (Wildman–Crippen MR) is 116 cm³/mol. The molecule has 32 heavy (non-hydrogen) atoms. The van der Waals surface area contributed by atoms with Crippen LogP contribution in [0.15, 0.2) is 18.2 Å². The van der Waals surface area contributed by atoms with E-state index in [2.05, 4.69) is 17.7 Å². The van der Waals surface area contributed by atoms with Gasteiger partial charge < -0.3 is 14.8 Å². The van der Waals surface area contributed by atoms with Crippen LogP contribution in [0.1, 0.15) is 63.5 Å². The van der Waals surface area contributed by atoms with E-state index in [1.165, 1.54) is 0 Å². The molecule has 0 aromatic heterocycles. The fourth-order valence-corrected chi connectivity index (χ4v) is 4.04. The number of carbonyl (C=O) groups excluding carboxylic acids is 4. The molecule has 1 spiro atoms. The highest BCUT2D eigenvalue weighted by atomic mass is 16.6. The maximum absolute atomic E-state index is 12.7. The molecule has 2 aliphatic rings. The molecule has 1 aromatic carbocycles. The number of esters is 1. The Morgan fingerprint density at radius 2 is 1.91 bits per heavy atom. The molecule has 1 aromatic rings. The second-order valence-electron chi connectivity index (χ2n) is 9.02. The van der Waals surface area contributed by atoms with E-state index in [0.29, 0.717) is 29.5 Å². The first-order chi connectivity index (χ1) is 15.1. The summed E-state index contributed by atoms with van der Waals surface area (Å²) in [6.07, 6.45) is 2.72. The molecule has 0 radical (unpaired) electrons. The number of amides is 4. The van der Waals surface area contributed by atoms with Gasteiger partial charge in [0.1, 0.15) is 11.3 Å². The van der Waals surface area contributed by atoms with Gasteiger partial charge in [0.15, 0.2) is 13.2 Å². The van der Waals surface area contributed by atoms with Crippen LogP contribution < -0.4 is 15.5 Å². The first-order valence-corrected chi connectivity index (χ1v) is 11.0. The van der Waals surface area contributed by atoms with E-state index in [-0.39, 0.29) is 12.5 Å². The summed E-state index contributed by atoms with van der Waals surface area (Å²) in [5.74, 6) is -0.682. The Bertz CT molecular complexity index is 905. The zero-order valence-corrected chi connectivity index (χ0v) is 19.0. The van der Waals surface area contributed by atoms with E-state index in [4.69, 9.17) is 9.47 Å². The Labute approximate surface area is 187 Å². The van der Waals surface area contributed by atoms with Crippen LogP contribution in [0.3, 0.4) is 0 Å². The molecule has 1 heterocycles. The Morgan fingerprint density at radius 1 is 1.22 bits per heavy atom. The average Bonchev–Trinajstić information content (AvgIpc) is 2.97. The lowest BCUT2D eigenvalue weighted by Gasteiger charge is -2.33. The molecule has 174 valence electrons. The minimum atomic E-state index is -0.955. The molecule has 1 aliphatic heterocycles. The van der Waals surface area contributed by atoms with Crippen LogP contribution in [-0.4, -0.2) is 47.6 Å². The van der Waals surface area contributed by atoms with E-state index in [0.717, 1.165) is 24.0 Å². The van der Waals surface area contributed by atoms with Crippen molar-refractivity contribution in [3.8, 4) is 5.75 Å². The van der Waals surface area contributed by atoms with Crippen LogP contribution in [0, 0.1) is 12.8 Å². The fourth-order valence-electron chi connectivity index (χ4n) is 4.04. The van der Waals surface area contributed by atoms with Gasteiger partial charge in [-0.3, -0.25) is 15.0 Å². The van der Waals surface area contributed by atoms with E-state index >= 15 is 0 Å². The molecule has 1 aliphatic carbocycles. The SMILES string of the molecule is Cc1ccc(C(C)C)c(OCC(=O)OCC(=O)NN2C(=O)NC3(CCC(C)CC3)C2=O)c1. The number of hydrogen-bond donors (Lipinski definition) is 2. The van der Waals surface area contributed by atoms with Crippen LogP contribution in [-0.2, 0) is 19.1 Å². The van der Waals surface area contributed by atoms with Crippen molar-refractivity contribution in [1.82, 2.24) is 15.8 Å². The van der Waals surface area contributed by atoms with Gasteiger partial charge in [0.2, 0.25) is 0 Å². The summed E-state index contributed by atoms with van der Waals surface area (Å²) in [5.41, 5.74) is 3.24. The Morgan fingerprint density at radius 3 is 2.56 bits per heavy atom. The number of urea groups is 1. The highest BCUT2D eigenvalue weighted by Crippen LogP contribution is 2.35. The summed E-state index contributed by atoms with van der Waals surface area (Å²) >= 11 is 0. The van der Waals surface area contributed by atoms with Crippen LogP contribution in [0.2, 0.25) is 0 Å². The third kappa shape index (κ3) is 5.20. The Hall–Kier alpha value is -3.10. The quantitative estimate of drug-likeness (QED) is 0.493. The molecule has 1 saturated carbocycles. The first kappa shape index (κ1) is 23.6. The van der Waals surface area contributed by atoms with Crippen molar-refractivity contribution in [2.45, 2.75) is 64.8 Å². The molecule has 4 amide bonds. The van der Waals surface area contributed by atoms with E-state index in [1.807, 2.05) is 39.0 Å². The number of imide groups is 1.